The van der Waals surface area contributed by atoms with Crippen LogP contribution in [0.25, 0.3) is 0 Å². The fourth-order valence-electron chi connectivity index (χ4n) is 2.19. The summed E-state index contributed by atoms with van der Waals surface area (Å²) in [5.41, 5.74) is 3.13. The van der Waals surface area contributed by atoms with E-state index in [2.05, 4.69) is 49.7 Å². The van der Waals surface area contributed by atoms with E-state index in [9.17, 15) is 4.39 Å². The van der Waals surface area contributed by atoms with E-state index in [0.29, 0.717) is 11.1 Å². The summed E-state index contributed by atoms with van der Waals surface area (Å²) in [6.07, 6.45) is 0. The highest BCUT2D eigenvalue weighted by molar-refractivity contribution is 9.08. The lowest BCUT2D eigenvalue weighted by Crippen LogP contribution is -2.13. The van der Waals surface area contributed by atoms with Gasteiger partial charge < -0.3 is 4.74 Å². The van der Waals surface area contributed by atoms with Crippen molar-refractivity contribution >= 4 is 15.9 Å². The zero-order valence-corrected chi connectivity index (χ0v) is 14.4. The molecule has 0 saturated carbocycles. The number of halogens is 2. The van der Waals surface area contributed by atoms with Crippen molar-refractivity contribution in [3.63, 3.8) is 0 Å². The third kappa shape index (κ3) is 3.85. The van der Waals surface area contributed by atoms with Gasteiger partial charge in [0.2, 0.25) is 0 Å². The Labute approximate surface area is 134 Å². The molecule has 0 aromatic heterocycles. The van der Waals surface area contributed by atoms with E-state index in [1.807, 2.05) is 12.1 Å². The standard InChI is InChI=1S/C18H20BrFO/c1-12-5-7-17(15(9-12)18(2,3)4)21-16-8-6-14(20)10-13(16)11-19/h5-10H,11H2,1-4H3. The molecule has 2 rings (SSSR count). The SMILES string of the molecule is Cc1ccc(Oc2ccc(F)cc2CBr)c(C(C)(C)C)c1. The van der Waals surface area contributed by atoms with Crippen LogP contribution in [0.2, 0.25) is 0 Å². The quantitative estimate of drug-likeness (QED) is 0.606. The molecule has 21 heavy (non-hydrogen) atoms. The first-order chi connectivity index (χ1) is 9.81. The molecule has 3 heteroatoms. The van der Waals surface area contributed by atoms with Gasteiger partial charge in [0.25, 0.3) is 0 Å². The van der Waals surface area contributed by atoms with Crippen LogP contribution in [0, 0.1) is 12.7 Å². The van der Waals surface area contributed by atoms with Crippen LogP contribution in [0.4, 0.5) is 4.39 Å². The molecular weight excluding hydrogens is 331 g/mol. The zero-order valence-electron chi connectivity index (χ0n) is 12.8. The first-order valence-electron chi connectivity index (χ1n) is 6.94. The number of alkyl halides is 1. The molecule has 0 fully saturated rings. The van der Waals surface area contributed by atoms with E-state index in [-0.39, 0.29) is 11.2 Å². The fourth-order valence-corrected chi connectivity index (χ4v) is 2.63. The Morgan fingerprint density at radius 3 is 2.33 bits per heavy atom. The summed E-state index contributed by atoms with van der Waals surface area (Å²) in [5.74, 6) is 1.25. The monoisotopic (exact) mass is 350 g/mol. The number of ether oxygens (including phenoxy) is 1. The summed E-state index contributed by atoms with van der Waals surface area (Å²) in [4.78, 5) is 0. The molecule has 0 N–H and O–H groups in total. The number of aryl methyl sites for hydroxylation is 1. The van der Waals surface area contributed by atoms with Crippen molar-refractivity contribution in [2.45, 2.75) is 38.4 Å². The summed E-state index contributed by atoms with van der Waals surface area (Å²) >= 11 is 3.38. The third-order valence-electron chi connectivity index (χ3n) is 3.33. The summed E-state index contributed by atoms with van der Waals surface area (Å²) in [6.45, 7) is 8.54. The van der Waals surface area contributed by atoms with E-state index in [0.717, 1.165) is 16.9 Å². The largest absolute Gasteiger partial charge is 0.457 e. The second kappa shape index (κ2) is 6.18. The van der Waals surface area contributed by atoms with Crippen molar-refractivity contribution in [1.29, 1.82) is 0 Å². The maximum atomic E-state index is 13.3. The second-order valence-electron chi connectivity index (χ2n) is 6.24. The normalized spacial score (nSPS) is 11.5. The first kappa shape index (κ1) is 16.0. The van der Waals surface area contributed by atoms with Gasteiger partial charge >= 0.3 is 0 Å². The van der Waals surface area contributed by atoms with Crippen molar-refractivity contribution in [3.05, 3.63) is 58.9 Å². The molecule has 2 aromatic carbocycles. The molecule has 0 aliphatic heterocycles. The minimum atomic E-state index is -0.253. The van der Waals surface area contributed by atoms with Gasteiger partial charge in [-0.05, 0) is 36.6 Å². The Morgan fingerprint density at radius 1 is 1.05 bits per heavy atom. The molecule has 0 heterocycles. The Bertz CT molecular complexity index is 644. The molecule has 2 aromatic rings. The average molecular weight is 351 g/mol. The zero-order chi connectivity index (χ0) is 15.6. The lowest BCUT2D eigenvalue weighted by molar-refractivity contribution is 0.450. The summed E-state index contributed by atoms with van der Waals surface area (Å²) in [7, 11) is 0. The van der Waals surface area contributed by atoms with E-state index < -0.39 is 0 Å². The lowest BCUT2D eigenvalue weighted by atomic mass is 9.85. The van der Waals surface area contributed by atoms with Gasteiger partial charge in [-0.1, -0.05) is 54.4 Å². The van der Waals surface area contributed by atoms with Crippen LogP contribution < -0.4 is 4.74 Å². The number of hydrogen-bond donors (Lipinski definition) is 0. The Morgan fingerprint density at radius 2 is 1.71 bits per heavy atom. The van der Waals surface area contributed by atoms with E-state index in [4.69, 9.17) is 4.74 Å². The molecule has 0 saturated heterocycles. The van der Waals surface area contributed by atoms with Gasteiger partial charge in [-0.25, -0.2) is 4.39 Å². The van der Waals surface area contributed by atoms with E-state index in [1.165, 1.54) is 17.7 Å². The predicted octanol–water partition coefficient (Wildman–Crippen LogP) is 6.12. The maximum absolute atomic E-state index is 13.3. The highest BCUT2D eigenvalue weighted by Crippen LogP contribution is 2.36. The Kier molecular flexibility index (Phi) is 4.72. The van der Waals surface area contributed by atoms with Crippen LogP contribution in [-0.4, -0.2) is 0 Å². The smallest absolute Gasteiger partial charge is 0.131 e. The van der Waals surface area contributed by atoms with Gasteiger partial charge in [0.15, 0.2) is 0 Å². The van der Waals surface area contributed by atoms with Crippen molar-refractivity contribution in [2.24, 2.45) is 0 Å². The molecule has 0 unspecified atom stereocenters. The van der Waals surface area contributed by atoms with Gasteiger partial charge in [-0.3, -0.25) is 0 Å². The molecule has 0 bridgehead atoms. The number of benzene rings is 2. The van der Waals surface area contributed by atoms with E-state index in [1.54, 1.807) is 6.07 Å². The lowest BCUT2D eigenvalue weighted by Gasteiger charge is -2.23. The van der Waals surface area contributed by atoms with Crippen molar-refractivity contribution in [2.75, 3.05) is 0 Å². The van der Waals surface area contributed by atoms with Crippen LogP contribution in [0.1, 0.15) is 37.5 Å². The maximum Gasteiger partial charge on any atom is 0.131 e. The molecule has 0 atom stereocenters. The number of hydrogen-bond acceptors (Lipinski definition) is 1. The van der Waals surface area contributed by atoms with Gasteiger partial charge in [-0.15, -0.1) is 0 Å². The van der Waals surface area contributed by atoms with Crippen LogP contribution in [0.15, 0.2) is 36.4 Å². The highest BCUT2D eigenvalue weighted by Gasteiger charge is 2.20. The minimum absolute atomic E-state index is 0.0179. The van der Waals surface area contributed by atoms with E-state index >= 15 is 0 Å². The molecule has 0 aliphatic carbocycles. The Hall–Kier alpha value is -1.35. The molecule has 0 amide bonds. The minimum Gasteiger partial charge on any atom is -0.457 e. The van der Waals surface area contributed by atoms with Crippen LogP contribution in [0.5, 0.6) is 11.5 Å². The van der Waals surface area contributed by atoms with Gasteiger partial charge in [0, 0.05) is 16.5 Å². The van der Waals surface area contributed by atoms with Crippen LogP contribution in [0.3, 0.4) is 0 Å². The molecule has 0 spiro atoms. The first-order valence-corrected chi connectivity index (χ1v) is 8.07. The third-order valence-corrected chi connectivity index (χ3v) is 3.93. The highest BCUT2D eigenvalue weighted by atomic mass is 79.9. The topological polar surface area (TPSA) is 9.23 Å². The van der Waals surface area contributed by atoms with Crippen molar-refractivity contribution in [1.82, 2.24) is 0 Å². The molecule has 0 aliphatic rings. The predicted molar refractivity (Wildman–Crippen MR) is 89.0 cm³/mol. The second-order valence-corrected chi connectivity index (χ2v) is 6.80. The molecule has 1 nitrogen and oxygen atoms in total. The Balaban J connectivity index is 2.45. The summed E-state index contributed by atoms with van der Waals surface area (Å²) in [6, 6.07) is 10.8. The van der Waals surface area contributed by atoms with Crippen molar-refractivity contribution < 1.29 is 9.13 Å². The number of rotatable bonds is 3. The molecule has 112 valence electrons. The molecular formula is C18H20BrFO. The van der Waals surface area contributed by atoms with Crippen molar-refractivity contribution in [3.8, 4) is 11.5 Å². The van der Waals surface area contributed by atoms with Gasteiger partial charge in [0.05, 0.1) is 0 Å². The summed E-state index contributed by atoms with van der Waals surface area (Å²) < 4.78 is 19.4. The summed E-state index contributed by atoms with van der Waals surface area (Å²) in [5, 5.41) is 0.552. The fraction of sp³-hybridized carbons (Fsp3) is 0.333. The molecule has 0 radical (unpaired) electrons. The van der Waals surface area contributed by atoms with Gasteiger partial charge in [-0.2, -0.15) is 0 Å². The average Bonchev–Trinajstić information content (AvgIpc) is 2.41. The van der Waals surface area contributed by atoms with Crippen LogP contribution >= 0.6 is 15.9 Å². The van der Waals surface area contributed by atoms with Crippen LogP contribution in [-0.2, 0) is 10.7 Å². The van der Waals surface area contributed by atoms with Gasteiger partial charge in [0.1, 0.15) is 17.3 Å².